The van der Waals surface area contributed by atoms with Crippen molar-refractivity contribution in [3.8, 4) is 11.5 Å². The van der Waals surface area contributed by atoms with Crippen molar-refractivity contribution in [2.75, 3.05) is 19.7 Å². The Labute approximate surface area is 162 Å². The van der Waals surface area contributed by atoms with Gasteiger partial charge >= 0.3 is 6.61 Å². The molecule has 1 aromatic carbocycles. The summed E-state index contributed by atoms with van der Waals surface area (Å²) < 4.78 is 40.5. The number of likely N-dealkylation sites (tertiary alicyclic amines) is 1. The zero-order chi connectivity index (χ0) is 19.5. The quantitative estimate of drug-likeness (QED) is 0.676. The summed E-state index contributed by atoms with van der Waals surface area (Å²) in [6, 6.07) is 5.69. The standard InChI is InChI=1S/C20H25F2N3O3/c1-2-26-17-11-13(3-6-16(17)27-20(21)22)12-18-23-19(28-24-18)14-7-9-25(10-8-14)15-4-5-15/h3,6,11,14-15,20H,2,4-5,7-10,12H2,1H3. The van der Waals surface area contributed by atoms with E-state index in [4.69, 9.17) is 9.26 Å². The van der Waals surface area contributed by atoms with Crippen LogP contribution in [-0.4, -0.2) is 47.4 Å². The maximum absolute atomic E-state index is 12.5. The maximum atomic E-state index is 12.5. The Morgan fingerprint density at radius 2 is 1.96 bits per heavy atom. The van der Waals surface area contributed by atoms with Crippen LogP contribution in [0.4, 0.5) is 8.78 Å². The van der Waals surface area contributed by atoms with Crippen LogP contribution in [-0.2, 0) is 6.42 Å². The van der Waals surface area contributed by atoms with Crippen molar-refractivity contribution >= 4 is 0 Å². The van der Waals surface area contributed by atoms with E-state index in [0.717, 1.165) is 37.5 Å². The van der Waals surface area contributed by atoms with Gasteiger partial charge in [-0.1, -0.05) is 11.2 Å². The third-order valence-electron chi connectivity index (χ3n) is 5.31. The minimum absolute atomic E-state index is 0.0248. The Morgan fingerprint density at radius 3 is 2.64 bits per heavy atom. The lowest BCUT2D eigenvalue weighted by molar-refractivity contribution is -0.0514. The molecule has 1 aromatic heterocycles. The van der Waals surface area contributed by atoms with E-state index < -0.39 is 6.61 Å². The van der Waals surface area contributed by atoms with E-state index >= 15 is 0 Å². The van der Waals surface area contributed by atoms with E-state index in [1.165, 1.54) is 18.9 Å². The molecular weight excluding hydrogens is 368 g/mol. The van der Waals surface area contributed by atoms with E-state index in [1.54, 1.807) is 19.1 Å². The van der Waals surface area contributed by atoms with Gasteiger partial charge in [0.2, 0.25) is 5.89 Å². The first kappa shape index (κ1) is 19.1. The average molecular weight is 393 g/mol. The number of nitrogens with zero attached hydrogens (tertiary/aromatic N) is 3. The maximum Gasteiger partial charge on any atom is 0.387 e. The molecule has 0 N–H and O–H groups in total. The van der Waals surface area contributed by atoms with Gasteiger partial charge in [0.1, 0.15) is 0 Å². The second kappa shape index (κ2) is 8.43. The van der Waals surface area contributed by atoms with Crippen LogP contribution < -0.4 is 9.47 Å². The lowest BCUT2D eigenvalue weighted by Crippen LogP contribution is -2.34. The fourth-order valence-electron chi connectivity index (χ4n) is 3.76. The third-order valence-corrected chi connectivity index (χ3v) is 5.31. The SMILES string of the molecule is CCOc1cc(Cc2noc(C3CCN(C4CC4)CC3)n2)ccc1OC(F)F. The summed E-state index contributed by atoms with van der Waals surface area (Å²) in [5.74, 6) is 1.92. The van der Waals surface area contributed by atoms with Crippen LogP contribution in [0.15, 0.2) is 22.7 Å². The molecule has 0 radical (unpaired) electrons. The Kier molecular flexibility index (Phi) is 5.75. The summed E-state index contributed by atoms with van der Waals surface area (Å²) in [7, 11) is 0. The highest BCUT2D eigenvalue weighted by Crippen LogP contribution is 2.34. The highest BCUT2D eigenvalue weighted by atomic mass is 19.3. The van der Waals surface area contributed by atoms with Crippen molar-refractivity contribution in [3.63, 3.8) is 0 Å². The lowest BCUT2D eigenvalue weighted by atomic mass is 9.96. The normalized spacial score (nSPS) is 18.6. The summed E-state index contributed by atoms with van der Waals surface area (Å²) >= 11 is 0. The van der Waals surface area contributed by atoms with Crippen molar-refractivity contribution < 1.29 is 22.8 Å². The molecule has 1 saturated heterocycles. The number of piperidine rings is 1. The lowest BCUT2D eigenvalue weighted by Gasteiger charge is -2.30. The second-order valence-electron chi connectivity index (χ2n) is 7.36. The highest BCUT2D eigenvalue weighted by molar-refractivity contribution is 5.43. The van der Waals surface area contributed by atoms with Gasteiger partial charge < -0.3 is 18.9 Å². The molecule has 0 unspecified atom stereocenters. The van der Waals surface area contributed by atoms with Crippen molar-refractivity contribution in [3.05, 3.63) is 35.5 Å². The fraction of sp³-hybridized carbons (Fsp3) is 0.600. The Morgan fingerprint density at radius 1 is 1.18 bits per heavy atom. The molecule has 6 nitrogen and oxygen atoms in total. The number of halogens is 2. The van der Waals surface area contributed by atoms with Gasteiger partial charge in [0.25, 0.3) is 0 Å². The molecule has 28 heavy (non-hydrogen) atoms. The number of hydrogen-bond acceptors (Lipinski definition) is 6. The Hall–Kier alpha value is -2.22. The van der Waals surface area contributed by atoms with E-state index in [9.17, 15) is 8.78 Å². The van der Waals surface area contributed by atoms with Crippen LogP contribution in [0, 0.1) is 0 Å². The minimum Gasteiger partial charge on any atom is -0.490 e. The zero-order valence-corrected chi connectivity index (χ0v) is 15.9. The van der Waals surface area contributed by atoms with Crippen LogP contribution in [0.2, 0.25) is 0 Å². The molecule has 2 aliphatic rings. The van der Waals surface area contributed by atoms with Crippen molar-refractivity contribution in [2.45, 2.75) is 57.6 Å². The molecule has 0 spiro atoms. The summed E-state index contributed by atoms with van der Waals surface area (Å²) in [6.45, 7) is 1.44. The van der Waals surface area contributed by atoms with Gasteiger partial charge in [0, 0.05) is 18.4 Å². The Balaban J connectivity index is 1.40. The fourth-order valence-corrected chi connectivity index (χ4v) is 3.76. The predicted molar refractivity (Wildman–Crippen MR) is 97.9 cm³/mol. The molecule has 2 heterocycles. The van der Waals surface area contributed by atoms with Crippen LogP contribution >= 0.6 is 0 Å². The number of aromatic nitrogens is 2. The van der Waals surface area contributed by atoms with Gasteiger partial charge in [-0.05, 0) is 63.4 Å². The molecule has 1 aliphatic carbocycles. The van der Waals surface area contributed by atoms with Gasteiger partial charge in [-0.3, -0.25) is 0 Å². The number of rotatable bonds is 8. The van der Waals surface area contributed by atoms with Gasteiger partial charge in [0.15, 0.2) is 17.3 Å². The van der Waals surface area contributed by atoms with Crippen LogP contribution in [0.5, 0.6) is 11.5 Å². The summed E-state index contributed by atoms with van der Waals surface area (Å²) in [5, 5.41) is 4.11. The van der Waals surface area contributed by atoms with E-state index in [2.05, 4.69) is 19.8 Å². The van der Waals surface area contributed by atoms with Crippen LogP contribution in [0.3, 0.4) is 0 Å². The number of ether oxygens (including phenoxy) is 2. The summed E-state index contributed by atoms with van der Waals surface area (Å²) in [4.78, 5) is 7.13. The van der Waals surface area contributed by atoms with E-state index in [-0.39, 0.29) is 11.5 Å². The number of hydrogen-bond donors (Lipinski definition) is 0. The van der Waals surface area contributed by atoms with Crippen molar-refractivity contribution in [1.82, 2.24) is 15.0 Å². The van der Waals surface area contributed by atoms with Gasteiger partial charge in [-0.25, -0.2) is 0 Å². The molecular formula is C20H25F2N3O3. The highest BCUT2D eigenvalue weighted by Gasteiger charge is 2.33. The molecule has 1 aliphatic heterocycles. The molecule has 2 aromatic rings. The second-order valence-corrected chi connectivity index (χ2v) is 7.36. The largest absolute Gasteiger partial charge is 0.490 e. The molecule has 0 bridgehead atoms. The molecule has 1 saturated carbocycles. The Bertz CT molecular complexity index is 787. The molecule has 4 rings (SSSR count). The van der Waals surface area contributed by atoms with Gasteiger partial charge in [-0.15, -0.1) is 0 Å². The molecule has 2 fully saturated rings. The van der Waals surface area contributed by atoms with Crippen LogP contribution in [0.25, 0.3) is 0 Å². The third kappa shape index (κ3) is 4.60. The first-order valence-electron chi connectivity index (χ1n) is 9.89. The zero-order valence-electron chi connectivity index (χ0n) is 15.9. The molecule has 0 atom stereocenters. The smallest absolute Gasteiger partial charge is 0.387 e. The number of alkyl halides is 2. The van der Waals surface area contributed by atoms with Crippen molar-refractivity contribution in [1.29, 1.82) is 0 Å². The average Bonchev–Trinajstić information content (AvgIpc) is 3.43. The minimum atomic E-state index is -2.89. The molecule has 0 amide bonds. The molecule has 152 valence electrons. The van der Waals surface area contributed by atoms with Gasteiger partial charge in [0.05, 0.1) is 6.61 Å². The predicted octanol–water partition coefficient (Wildman–Crippen LogP) is 4.00. The van der Waals surface area contributed by atoms with Gasteiger partial charge in [-0.2, -0.15) is 13.8 Å². The van der Waals surface area contributed by atoms with Crippen molar-refractivity contribution in [2.24, 2.45) is 0 Å². The van der Waals surface area contributed by atoms with Crippen LogP contribution in [0.1, 0.15) is 55.8 Å². The summed E-state index contributed by atoms with van der Waals surface area (Å²) in [5.41, 5.74) is 0.848. The van der Waals surface area contributed by atoms with E-state index in [1.807, 2.05) is 0 Å². The topological polar surface area (TPSA) is 60.6 Å². The molecule has 8 heteroatoms. The number of benzene rings is 1. The first-order chi connectivity index (χ1) is 13.6. The van der Waals surface area contributed by atoms with E-state index in [0.29, 0.717) is 30.7 Å². The monoisotopic (exact) mass is 393 g/mol. The first-order valence-corrected chi connectivity index (χ1v) is 9.89. The summed E-state index contributed by atoms with van der Waals surface area (Å²) in [6.07, 6.45) is 5.21.